The van der Waals surface area contributed by atoms with Crippen LogP contribution in [0, 0.1) is 20.2 Å². The predicted octanol–water partition coefficient (Wildman–Crippen LogP) is 5.57. The molecule has 0 amide bonds. The van der Waals surface area contributed by atoms with E-state index in [1.165, 1.54) is 30.5 Å². The van der Waals surface area contributed by atoms with Crippen LogP contribution in [-0.2, 0) is 0 Å². The van der Waals surface area contributed by atoms with Crippen molar-refractivity contribution in [2.75, 3.05) is 0 Å². The summed E-state index contributed by atoms with van der Waals surface area (Å²) in [6.07, 6.45) is 1.47. The number of non-ortho nitro benzene ring substituents is 2. The summed E-state index contributed by atoms with van der Waals surface area (Å²) in [5.74, 6) is -0.00333. The van der Waals surface area contributed by atoms with E-state index < -0.39 is 15.9 Å². The molecule has 8 nitrogen and oxygen atoms in total. The molecule has 0 fully saturated rings. The third-order valence-electron chi connectivity index (χ3n) is 5.07. The van der Waals surface area contributed by atoms with Crippen molar-refractivity contribution in [1.29, 1.82) is 0 Å². The van der Waals surface area contributed by atoms with Gasteiger partial charge in [-0.1, -0.05) is 54.6 Å². The Morgan fingerprint density at radius 1 is 0.812 bits per heavy atom. The van der Waals surface area contributed by atoms with Crippen molar-refractivity contribution in [2.45, 2.75) is 6.04 Å². The molecule has 0 saturated heterocycles. The van der Waals surface area contributed by atoms with Gasteiger partial charge in [0.05, 0.1) is 9.85 Å². The topological polar surface area (TPSA) is 119 Å². The van der Waals surface area contributed by atoms with Gasteiger partial charge in [0.2, 0.25) is 0 Å². The number of aliphatic imine (C=N–C) groups is 1. The zero-order valence-electron chi connectivity index (χ0n) is 16.7. The number of hydrogen-bond acceptors (Lipinski definition) is 6. The summed E-state index contributed by atoms with van der Waals surface area (Å²) in [4.78, 5) is 26.0. The first-order valence-electron chi connectivity index (χ1n) is 9.66. The maximum Gasteiger partial charge on any atom is 0.270 e. The average Bonchev–Trinajstić information content (AvgIpc) is 2.80. The van der Waals surface area contributed by atoms with Gasteiger partial charge < -0.3 is 5.11 Å². The summed E-state index contributed by atoms with van der Waals surface area (Å²) in [6.45, 7) is 0. The van der Waals surface area contributed by atoms with Crippen molar-refractivity contribution in [3.63, 3.8) is 0 Å². The molecule has 0 aliphatic heterocycles. The summed E-state index contributed by atoms with van der Waals surface area (Å²) in [5.41, 5.74) is 1.32. The number of hydrogen-bond donors (Lipinski definition) is 1. The minimum absolute atomic E-state index is 0.00333. The number of nitro groups is 2. The molecule has 32 heavy (non-hydrogen) atoms. The Labute approximate surface area is 182 Å². The standard InChI is InChI=1S/C24H17N3O5/c28-22-12-11-17-6-1-2-10-21(17)23(22)24(18-7-4-9-20(14-18)27(31)32)25-15-16-5-3-8-19(13-16)26(29)30/h1-15,24,28H. The highest BCUT2D eigenvalue weighted by Gasteiger charge is 2.21. The number of phenolic OH excluding ortho intramolecular Hbond substituents is 1. The van der Waals surface area contributed by atoms with Gasteiger partial charge in [-0.05, 0) is 28.0 Å². The van der Waals surface area contributed by atoms with E-state index in [9.17, 15) is 25.3 Å². The van der Waals surface area contributed by atoms with Crippen LogP contribution in [0.3, 0.4) is 0 Å². The van der Waals surface area contributed by atoms with E-state index in [1.54, 1.807) is 36.4 Å². The predicted molar refractivity (Wildman–Crippen MR) is 121 cm³/mol. The van der Waals surface area contributed by atoms with Gasteiger partial charge in [-0.25, -0.2) is 0 Å². The van der Waals surface area contributed by atoms with Crippen molar-refractivity contribution >= 4 is 28.4 Å². The van der Waals surface area contributed by atoms with Crippen LogP contribution in [0.4, 0.5) is 11.4 Å². The first-order valence-corrected chi connectivity index (χ1v) is 9.66. The fraction of sp³-hybridized carbons (Fsp3) is 0.0417. The third-order valence-corrected chi connectivity index (χ3v) is 5.07. The summed E-state index contributed by atoms with van der Waals surface area (Å²) in [6, 6.07) is 22.1. The lowest BCUT2D eigenvalue weighted by Gasteiger charge is -2.17. The highest BCUT2D eigenvalue weighted by Crippen LogP contribution is 2.38. The zero-order chi connectivity index (χ0) is 22.7. The largest absolute Gasteiger partial charge is 0.508 e. The maximum absolute atomic E-state index is 11.3. The van der Waals surface area contributed by atoms with E-state index in [4.69, 9.17) is 0 Å². The van der Waals surface area contributed by atoms with Crippen LogP contribution in [0.5, 0.6) is 5.75 Å². The van der Waals surface area contributed by atoms with Gasteiger partial charge in [0, 0.05) is 36.0 Å². The first-order chi connectivity index (χ1) is 15.4. The Balaban J connectivity index is 1.90. The highest BCUT2D eigenvalue weighted by molar-refractivity contribution is 5.89. The molecule has 0 aromatic heterocycles. The van der Waals surface area contributed by atoms with E-state index in [1.807, 2.05) is 24.3 Å². The van der Waals surface area contributed by atoms with Crippen LogP contribution in [0.25, 0.3) is 10.8 Å². The molecule has 4 aromatic carbocycles. The number of rotatable bonds is 6. The van der Waals surface area contributed by atoms with Gasteiger partial charge in [0.25, 0.3) is 11.4 Å². The monoisotopic (exact) mass is 427 g/mol. The van der Waals surface area contributed by atoms with Crippen molar-refractivity contribution in [3.05, 3.63) is 122 Å². The average molecular weight is 427 g/mol. The fourth-order valence-electron chi connectivity index (χ4n) is 3.59. The number of nitrogens with zero attached hydrogens (tertiary/aromatic N) is 3. The van der Waals surface area contributed by atoms with E-state index in [-0.39, 0.29) is 17.1 Å². The normalized spacial score (nSPS) is 12.1. The van der Waals surface area contributed by atoms with Gasteiger partial charge >= 0.3 is 0 Å². The molecule has 1 atom stereocenters. The van der Waals surface area contributed by atoms with E-state index in [2.05, 4.69) is 4.99 Å². The van der Waals surface area contributed by atoms with Gasteiger partial charge in [-0.3, -0.25) is 25.2 Å². The van der Waals surface area contributed by atoms with Gasteiger partial charge in [-0.15, -0.1) is 0 Å². The summed E-state index contributed by atoms with van der Waals surface area (Å²) < 4.78 is 0. The smallest absolute Gasteiger partial charge is 0.270 e. The summed E-state index contributed by atoms with van der Waals surface area (Å²) in [7, 11) is 0. The Kier molecular flexibility index (Phi) is 5.59. The lowest BCUT2D eigenvalue weighted by molar-refractivity contribution is -0.385. The molecule has 0 heterocycles. The van der Waals surface area contributed by atoms with Crippen LogP contribution in [0.2, 0.25) is 0 Å². The molecule has 0 aliphatic carbocycles. The quantitative estimate of drug-likeness (QED) is 0.245. The second kappa shape index (κ2) is 8.65. The Bertz CT molecular complexity index is 1370. The number of fused-ring (bicyclic) bond motifs is 1. The Morgan fingerprint density at radius 2 is 1.50 bits per heavy atom. The van der Waals surface area contributed by atoms with E-state index in [0.717, 1.165) is 10.8 Å². The number of benzene rings is 4. The van der Waals surface area contributed by atoms with Crippen molar-refractivity contribution in [2.24, 2.45) is 4.99 Å². The lowest BCUT2D eigenvalue weighted by atomic mass is 9.93. The molecule has 0 aliphatic rings. The molecule has 0 bridgehead atoms. The molecular weight excluding hydrogens is 410 g/mol. The van der Waals surface area contributed by atoms with Crippen molar-refractivity contribution in [3.8, 4) is 5.75 Å². The Morgan fingerprint density at radius 3 is 2.25 bits per heavy atom. The molecule has 158 valence electrons. The van der Waals surface area contributed by atoms with Crippen LogP contribution < -0.4 is 0 Å². The van der Waals surface area contributed by atoms with E-state index >= 15 is 0 Å². The molecule has 4 rings (SSSR count). The van der Waals surface area contributed by atoms with Gasteiger partial charge in [0.15, 0.2) is 0 Å². The molecule has 1 unspecified atom stereocenters. The third kappa shape index (κ3) is 4.15. The van der Waals surface area contributed by atoms with Crippen molar-refractivity contribution < 1.29 is 15.0 Å². The van der Waals surface area contributed by atoms with Crippen LogP contribution in [0.1, 0.15) is 22.7 Å². The van der Waals surface area contributed by atoms with Crippen LogP contribution in [0.15, 0.2) is 89.9 Å². The summed E-state index contributed by atoms with van der Waals surface area (Å²) >= 11 is 0. The second-order valence-corrected chi connectivity index (χ2v) is 7.10. The molecule has 1 N–H and O–H groups in total. The van der Waals surface area contributed by atoms with Gasteiger partial charge in [-0.2, -0.15) is 0 Å². The molecular formula is C24H17N3O5. The van der Waals surface area contributed by atoms with Crippen LogP contribution >= 0.6 is 0 Å². The minimum atomic E-state index is -0.778. The molecule has 0 radical (unpaired) electrons. The summed E-state index contributed by atoms with van der Waals surface area (Å²) in [5, 5.41) is 34.8. The number of aromatic hydroxyl groups is 1. The maximum atomic E-state index is 11.3. The molecule has 0 saturated carbocycles. The lowest BCUT2D eigenvalue weighted by Crippen LogP contribution is -2.02. The Hall–Kier alpha value is -4.59. The number of nitro benzene ring substituents is 2. The fourth-order valence-corrected chi connectivity index (χ4v) is 3.59. The first kappa shape index (κ1) is 20.7. The zero-order valence-corrected chi connectivity index (χ0v) is 16.7. The highest BCUT2D eigenvalue weighted by atomic mass is 16.6. The van der Waals surface area contributed by atoms with Crippen molar-refractivity contribution in [1.82, 2.24) is 0 Å². The SMILES string of the molecule is O=[N+]([O-])c1cccc(C=NC(c2cccc([N+](=O)[O-])c2)c2c(O)ccc3ccccc23)c1. The second-order valence-electron chi connectivity index (χ2n) is 7.10. The molecule has 0 spiro atoms. The minimum Gasteiger partial charge on any atom is -0.508 e. The number of phenols is 1. The molecule has 4 aromatic rings. The van der Waals surface area contributed by atoms with Gasteiger partial charge in [0.1, 0.15) is 11.8 Å². The van der Waals surface area contributed by atoms with Crippen LogP contribution in [-0.4, -0.2) is 21.2 Å². The van der Waals surface area contributed by atoms with E-state index in [0.29, 0.717) is 16.7 Å². The molecule has 8 heteroatoms.